The highest BCUT2D eigenvalue weighted by molar-refractivity contribution is 5.39. The second-order valence-electron chi connectivity index (χ2n) is 4.93. The Bertz CT molecular complexity index is 499. The Morgan fingerprint density at radius 1 is 1.40 bits per heavy atom. The average Bonchev–Trinajstić information content (AvgIpc) is 3.16. The first kappa shape index (κ1) is 13.0. The van der Waals surface area contributed by atoms with Crippen LogP contribution in [0.5, 0.6) is 0 Å². The molecule has 1 unspecified atom stereocenters. The van der Waals surface area contributed by atoms with Crippen LogP contribution >= 0.6 is 0 Å². The van der Waals surface area contributed by atoms with Gasteiger partial charge in [0, 0.05) is 31.9 Å². The lowest BCUT2D eigenvalue weighted by Crippen LogP contribution is -2.39. The van der Waals surface area contributed by atoms with Crippen molar-refractivity contribution in [2.75, 3.05) is 24.5 Å². The molecule has 1 atom stereocenters. The number of anilines is 1. The smallest absolute Gasteiger partial charge is 0.151 e. The van der Waals surface area contributed by atoms with Gasteiger partial charge in [-0.05, 0) is 25.0 Å². The highest BCUT2D eigenvalue weighted by atomic mass is 15.3. The summed E-state index contributed by atoms with van der Waals surface area (Å²) in [6.07, 6.45) is 7.43. The minimum absolute atomic E-state index is 0.502. The van der Waals surface area contributed by atoms with E-state index in [9.17, 15) is 0 Å². The molecule has 106 valence electrons. The van der Waals surface area contributed by atoms with Gasteiger partial charge in [-0.25, -0.2) is 4.98 Å². The maximum atomic E-state index is 4.21. The fraction of sp³-hybridized carbons (Fsp3) is 0.538. The lowest BCUT2D eigenvalue weighted by molar-refractivity contribution is 0.518. The minimum Gasteiger partial charge on any atom is -0.351 e. The molecule has 1 saturated heterocycles. The molecule has 20 heavy (non-hydrogen) atoms. The third-order valence-corrected chi connectivity index (χ3v) is 3.59. The summed E-state index contributed by atoms with van der Waals surface area (Å²) in [6.45, 7) is 3.77. The quantitative estimate of drug-likeness (QED) is 0.765. The largest absolute Gasteiger partial charge is 0.351 e. The molecule has 0 aromatic carbocycles. The molecule has 0 saturated carbocycles. The number of nitrogens with one attached hydrogen (secondary N) is 1. The first-order chi connectivity index (χ1) is 9.93. The van der Waals surface area contributed by atoms with Crippen LogP contribution in [0.15, 0.2) is 31.0 Å². The van der Waals surface area contributed by atoms with Crippen molar-refractivity contribution in [1.82, 2.24) is 30.3 Å². The van der Waals surface area contributed by atoms with Gasteiger partial charge in [-0.1, -0.05) is 0 Å². The zero-order valence-corrected chi connectivity index (χ0v) is 11.4. The van der Waals surface area contributed by atoms with Gasteiger partial charge in [-0.15, -0.1) is 5.10 Å². The van der Waals surface area contributed by atoms with Gasteiger partial charge in [0.2, 0.25) is 0 Å². The average molecular weight is 273 g/mol. The van der Waals surface area contributed by atoms with Crippen molar-refractivity contribution in [2.24, 2.45) is 0 Å². The molecule has 2 aromatic heterocycles. The molecule has 1 aliphatic heterocycles. The fourth-order valence-electron chi connectivity index (χ4n) is 2.61. The van der Waals surface area contributed by atoms with Crippen LogP contribution in [0, 0.1) is 0 Å². The molecule has 3 heterocycles. The lowest BCUT2D eigenvalue weighted by Gasteiger charge is -2.25. The maximum Gasteiger partial charge on any atom is 0.151 e. The summed E-state index contributed by atoms with van der Waals surface area (Å²) in [7, 11) is 0. The predicted molar refractivity (Wildman–Crippen MR) is 75.3 cm³/mol. The van der Waals surface area contributed by atoms with Crippen LogP contribution in [0.3, 0.4) is 0 Å². The van der Waals surface area contributed by atoms with E-state index in [2.05, 4.69) is 30.5 Å². The lowest BCUT2D eigenvalue weighted by atomic mass is 10.2. The SMILES string of the molecule is c1cnnc(N2CCCC2CNCCn2cncn2)c1. The van der Waals surface area contributed by atoms with Crippen molar-refractivity contribution in [3.8, 4) is 0 Å². The van der Waals surface area contributed by atoms with Gasteiger partial charge in [0.25, 0.3) is 0 Å². The van der Waals surface area contributed by atoms with Crippen LogP contribution in [-0.2, 0) is 6.54 Å². The van der Waals surface area contributed by atoms with Crippen molar-refractivity contribution >= 4 is 5.82 Å². The summed E-state index contributed by atoms with van der Waals surface area (Å²) in [5, 5.41) is 15.7. The highest BCUT2D eigenvalue weighted by Crippen LogP contribution is 2.22. The molecule has 2 aromatic rings. The highest BCUT2D eigenvalue weighted by Gasteiger charge is 2.25. The second-order valence-corrected chi connectivity index (χ2v) is 4.93. The molecular formula is C13H19N7. The number of aromatic nitrogens is 5. The van der Waals surface area contributed by atoms with Gasteiger partial charge in [-0.3, -0.25) is 4.68 Å². The second kappa shape index (κ2) is 6.42. The Balaban J connectivity index is 1.47. The number of hydrogen-bond acceptors (Lipinski definition) is 6. The van der Waals surface area contributed by atoms with Crippen molar-refractivity contribution in [3.63, 3.8) is 0 Å². The van der Waals surface area contributed by atoms with E-state index in [1.54, 1.807) is 18.9 Å². The van der Waals surface area contributed by atoms with Crippen molar-refractivity contribution in [1.29, 1.82) is 0 Å². The first-order valence-electron chi connectivity index (χ1n) is 7.01. The van der Waals surface area contributed by atoms with Gasteiger partial charge in [0.05, 0.1) is 6.54 Å². The monoisotopic (exact) mass is 273 g/mol. The van der Waals surface area contributed by atoms with E-state index in [1.165, 1.54) is 12.8 Å². The summed E-state index contributed by atoms with van der Waals surface area (Å²) in [6, 6.07) is 4.47. The van der Waals surface area contributed by atoms with Crippen molar-refractivity contribution in [3.05, 3.63) is 31.0 Å². The summed E-state index contributed by atoms with van der Waals surface area (Å²) >= 11 is 0. The normalized spacial score (nSPS) is 18.6. The Labute approximate surface area is 118 Å². The van der Waals surface area contributed by atoms with Crippen LogP contribution in [0.25, 0.3) is 0 Å². The zero-order valence-electron chi connectivity index (χ0n) is 11.4. The summed E-state index contributed by atoms with van der Waals surface area (Å²) in [5.74, 6) is 0.980. The molecule has 7 heteroatoms. The third kappa shape index (κ3) is 3.11. The third-order valence-electron chi connectivity index (χ3n) is 3.59. The Morgan fingerprint density at radius 2 is 2.40 bits per heavy atom. The van der Waals surface area contributed by atoms with Gasteiger partial charge >= 0.3 is 0 Å². The van der Waals surface area contributed by atoms with E-state index >= 15 is 0 Å². The summed E-state index contributed by atoms with van der Waals surface area (Å²) < 4.78 is 1.84. The Morgan fingerprint density at radius 3 is 3.20 bits per heavy atom. The molecule has 1 N–H and O–H groups in total. The number of hydrogen-bond donors (Lipinski definition) is 1. The fourth-order valence-corrected chi connectivity index (χ4v) is 2.61. The zero-order chi connectivity index (χ0) is 13.6. The summed E-state index contributed by atoms with van der Waals surface area (Å²) in [5.41, 5.74) is 0. The van der Waals surface area contributed by atoms with Gasteiger partial charge in [0.15, 0.2) is 5.82 Å². The molecular weight excluding hydrogens is 254 g/mol. The predicted octanol–water partition coefficient (Wildman–Crippen LogP) is 0.327. The Hall–Kier alpha value is -2.02. The van der Waals surface area contributed by atoms with E-state index in [0.717, 1.165) is 32.0 Å². The van der Waals surface area contributed by atoms with Crippen LogP contribution in [-0.4, -0.2) is 50.6 Å². The van der Waals surface area contributed by atoms with Crippen molar-refractivity contribution in [2.45, 2.75) is 25.4 Å². The first-order valence-corrected chi connectivity index (χ1v) is 7.01. The molecule has 7 nitrogen and oxygen atoms in total. The van der Waals surface area contributed by atoms with E-state index in [4.69, 9.17) is 0 Å². The molecule has 3 rings (SSSR count). The molecule has 0 radical (unpaired) electrons. The van der Waals surface area contributed by atoms with Crippen LogP contribution in [0.1, 0.15) is 12.8 Å². The van der Waals surface area contributed by atoms with Crippen LogP contribution in [0.2, 0.25) is 0 Å². The minimum atomic E-state index is 0.502. The van der Waals surface area contributed by atoms with E-state index < -0.39 is 0 Å². The summed E-state index contributed by atoms with van der Waals surface area (Å²) in [4.78, 5) is 6.27. The molecule has 0 amide bonds. The van der Waals surface area contributed by atoms with Gasteiger partial charge in [-0.2, -0.15) is 10.2 Å². The van der Waals surface area contributed by atoms with Crippen LogP contribution < -0.4 is 10.2 Å². The van der Waals surface area contributed by atoms with E-state index in [0.29, 0.717) is 6.04 Å². The van der Waals surface area contributed by atoms with E-state index in [-0.39, 0.29) is 0 Å². The van der Waals surface area contributed by atoms with Crippen LogP contribution in [0.4, 0.5) is 5.82 Å². The maximum absolute atomic E-state index is 4.21. The topological polar surface area (TPSA) is 71.8 Å². The molecule has 0 aliphatic carbocycles. The number of rotatable bonds is 6. The van der Waals surface area contributed by atoms with E-state index in [1.807, 2.05) is 16.8 Å². The number of nitrogens with zero attached hydrogens (tertiary/aromatic N) is 6. The van der Waals surface area contributed by atoms with Gasteiger partial charge < -0.3 is 10.2 Å². The Kier molecular flexibility index (Phi) is 4.17. The molecule has 1 fully saturated rings. The molecule has 0 bridgehead atoms. The standard InChI is InChI=1S/C13H19N7/c1-4-13(18-16-5-1)20-7-2-3-12(20)9-14-6-8-19-11-15-10-17-19/h1,4-5,10-12,14H,2-3,6-9H2. The molecule has 0 spiro atoms. The van der Waals surface area contributed by atoms with Crippen molar-refractivity contribution < 1.29 is 0 Å². The van der Waals surface area contributed by atoms with Gasteiger partial charge in [0.1, 0.15) is 12.7 Å². The molecule has 1 aliphatic rings.